The first-order valence-electron chi connectivity index (χ1n) is 11.5. The lowest BCUT2D eigenvalue weighted by Gasteiger charge is -2.43. The molecule has 172 valence electrons. The van der Waals surface area contributed by atoms with E-state index < -0.39 is 5.82 Å². The Kier molecular flexibility index (Phi) is 4.34. The number of thiazole rings is 1. The number of aryl methyl sites for hydroxylation is 1. The van der Waals surface area contributed by atoms with Gasteiger partial charge in [-0.1, -0.05) is 35.6 Å². The fourth-order valence-corrected chi connectivity index (χ4v) is 10.0. The Bertz CT molecular complexity index is 1410. The zero-order chi connectivity index (χ0) is 23.3. The predicted octanol–water partition coefficient (Wildman–Crippen LogP) is 4.56. The maximum atomic E-state index is 13.7. The molecular weight excluding hydrogens is 471 g/mol. The quantitative estimate of drug-likeness (QED) is 0.533. The average Bonchev–Trinajstić information content (AvgIpc) is 3.54. The van der Waals surface area contributed by atoms with Gasteiger partial charge in [0.25, 0.3) is 0 Å². The fourth-order valence-electron chi connectivity index (χ4n) is 7.15. The van der Waals surface area contributed by atoms with Crippen molar-refractivity contribution in [3.05, 3.63) is 80.0 Å². The van der Waals surface area contributed by atoms with Gasteiger partial charge in [0.2, 0.25) is 11.8 Å². The molecule has 2 aliphatic heterocycles. The second kappa shape index (κ2) is 7.15. The van der Waals surface area contributed by atoms with E-state index in [0.29, 0.717) is 5.69 Å². The van der Waals surface area contributed by atoms with Gasteiger partial charge in [-0.05, 0) is 66.5 Å². The predicted molar refractivity (Wildman–Crippen MR) is 129 cm³/mol. The highest BCUT2D eigenvalue weighted by Crippen LogP contribution is 2.68. The summed E-state index contributed by atoms with van der Waals surface area (Å²) in [5.74, 6) is -1.05. The highest BCUT2D eigenvalue weighted by atomic mass is 32.2. The van der Waals surface area contributed by atoms with Crippen LogP contribution in [-0.4, -0.2) is 22.0 Å². The zero-order valence-corrected chi connectivity index (χ0v) is 19.9. The minimum Gasteiger partial charge on any atom is -0.307 e. The van der Waals surface area contributed by atoms with Crippen LogP contribution in [0.15, 0.2) is 58.4 Å². The molecule has 2 saturated carbocycles. The number of halogens is 1. The van der Waals surface area contributed by atoms with Crippen molar-refractivity contribution in [2.75, 3.05) is 4.90 Å². The van der Waals surface area contributed by atoms with Crippen LogP contribution in [0, 0.1) is 42.3 Å². The monoisotopic (exact) mass is 492 g/mol. The number of nitrogens with zero attached hydrogens (tertiary/aromatic N) is 1. The second-order valence-electron chi connectivity index (χ2n) is 9.81. The van der Waals surface area contributed by atoms with Crippen LogP contribution in [0.5, 0.6) is 0 Å². The van der Waals surface area contributed by atoms with Gasteiger partial charge in [0.1, 0.15) is 5.82 Å². The van der Waals surface area contributed by atoms with Crippen molar-refractivity contribution in [1.82, 2.24) is 4.98 Å². The largest absolute Gasteiger partial charge is 0.307 e. The summed E-state index contributed by atoms with van der Waals surface area (Å²) in [4.78, 5) is 44.9. The maximum absolute atomic E-state index is 13.7. The number of carbonyl (C=O) groups is 2. The molecule has 3 fully saturated rings. The summed E-state index contributed by atoms with van der Waals surface area (Å²) in [7, 11) is 0. The summed E-state index contributed by atoms with van der Waals surface area (Å²) in [5, 5.41) is 1.08. The number of hydrogen-bond donors (Lipinski definition) is 1. The number of hydrogen-bond acceptors (Lipinski definition) is 5. The Labute approximate surface area is 203 Å². The number of benzene rings is 2. The number of imide groups is 1. The molecule has 1 saturated heterocycles. The number of nitrogens with one attached hydrogen (secondary N) is 1. The summed E-state index contributed by atoms with van der Waals surface area (Å²) in [5.41, 5.74) is 2.82. The molecule has 5 nitrogen and oxygen atoms in total. The van der Waals surface area contributed by atoms with E-state index in [-0.39, 0.29) is 57.4 Å². The van der Waals surface area contributed by atoms with Gasteiger partial charge in [0, 0.05) is 16.0 Å². The van der Waals surface area contributed by atoms with E-state index in [4.69, 9.17) is 0 Å². The first-order valence-corrected chi connectivity index (χ1v) is 13.2. The van der Waals surface area contributed by atoms with Crippen LogP contribution < -0.4 is 9.77 Å². The molecular formula is C26H21FN2O3S2. The van der Waals surface area contributed by atoms with Crippen LogP contribution >= 0.6 is 23.1 Å². The molecule has 2 amide bonds. The lowest BCUT2D eigenvalue weighted by Crippen LogP contribution is -2.42. The third-order valence-electron chi connectivity index (χ3n) is 8.33. The van der Waals surface area contributed by atoms with E-state index in [1.165, 1.54) is 51.6 Å². The molecule has 3 aromatic rings. The first-order chi connectivity index (χ1) is 16.4. The van der Waals surface area contributed by atoms with E-state index in [1.54, 1.807) is 11.8 Å². The minimum atomic E-state index is -0.397. The molecule has 34 heavy (non-hydrogen) atoms. The Hall–Kier alpha value is -2.71. The molecule has 7 atom stereocenters. The Morgan fingerprint density at radius 2 is 1.68 bits per heavy atom. The second-order valence-corrected chi connectivity index (χ2v) is 12.0. The topological polar surface area (TPSA) is 70.2 Å². The third kappa shape index (κ3) is 2.64. The Morgan fingerprint density at radius 1 is 0.971 bits per heavy atom. The summed E-state index contributed by atoms with van der Waals surface area (Å²) >= 11 is 2.96. The maximum Gasteiger partial charge on any atom is 0.305 e. The zero-order valence-electron chi connectivity index (χ0n) is 18.2. The number of aromatic nitrogens is 1. The van der Waals surface area contributed by atoms with Gasteiger partial charge in [-0.3, -0.25) is 19.3 Å². The SMILES string of the molecule is Cc1ccccc1[C@H]1c2sc(=O)[nH]c2S[C@@H]2[C@H]3C[C@@H]([C@H]4C(=O)N(c5ccc(F)cc5)C(=O)[C@@H]34)[C@@H]12. The van der Waals surface area contributed by atoms with Gasteiger partial charge in [-0.2, -0.15) is 0 Å². The molecule has 1 aromatic heterocycles. The highest BCUT2D eigenvalue weighted by Gasteiger charge is 2.69. The molecule has 2 bridgehead atoms. The van der Waals surface area contributed by atoms with E-state index in [0.717, 1.165) is 16.3 Å². The molecule has 0 unspecified atom stereocenters. The van der Waals surface area contributed by atoms with E-state index in [2.05, 4.69) is 24.0 Å². The van der Waals surface area contributed by atoms with Crippen molar-refractivity contribution in [2.24, 2.45) is 29.6 Å². The van der Waals surface area contributed by atoms with E-state index >= 15 is 0 Å². The number of aromatic amines is 1. The molecule has 7 rings (SSSR count). The summed E-state index contributed by atoms with van der Waals surface area (Å²) < 4.78 is 13.5. The molecule has 4 aliphatic rings. The first kappa shape index (κ1) is 20.6. The number of H-pyrrole nitrogens is 1. The molecule has 3 heterocycles. The van der Waals surface area contributed by atoms with Gasteiger partial charge < -0.3 is 4.98 Å². The number of thioether (sulfide) groups is 1. The van der Waals surface area contributed by atoms with Crippen molar-refractivity contribution in [3.8, 4) is 0 Å². The molecule has 2 aliphatic carbocycles. The van der Waals surface area contributed by atoms with Gasteiger partial charge >= 0.3 is 4.87 Å². The smallest absolute Gasteiger partial charge is 0.305 e. The molecule has 0 spiro atoms. The molecule has 2 aromatic carbocycles. The van der Waals surface area contributed by atoms with Crippen LogP contribution in [0.3, 0.4) is 0 Å². The van der Waals surface area contributed by atoms with Crippen LogP contribution in [-0.2, 0) is 9.59 Å². The van der Waals surface area contributed by atoms with Gasteiger partial charge in [-0.15, -0.1) is 11.8 Å². The number of fused-ring (bicyclic) bond motifs is 9. The normalized spacial score (nSPS) is 33.2. The van der Waals surface area contributed by atoms with Gasteiger partial charge in [0.05, 0.1) is 22.5 Å². The summed E-state index contributed by atoms with van der Waals surface area (Å²) in [6, 6.07) is 13.9. The van der Waals surface area contributed by atoms with Crippen molar-refractivity contribution in [3.63, 3.8) is 0 Å². The van der Waals surface area contributed by atoms with Crippen molar-refractivity contribution in [1.29, 1.82) is 0 Å². The highest BCUT2D eigenvalue weighted by molar-refractivity contribution is 8.00. The third-order valence-corrected chi connectivity index (χ3v) is 10.9. The van der Waals surface area contributed by atoms with Gasteiger partial charge in [0.15, 0.2) is 0 Å². The average molecular weight is 493 g/mol. The lowest BCUT2D eigenvalue weighted by molar-refractivity contribution is -0.123. The van der Waals surface area contributed by atoms with E-state index in [1.807, 2.05) is 12.1 Å². The molecule has 1 N–H and O–H groups in total. The van der Waals surface area contributed by atoms with E-state index in [9.17, 15) is 18.8 Å². The van der Waals surface area contributed by atoms with Crippen LogP contribution in [0.2, 0.25) is 0 Å². The fraction of sp³-hybridized carbons (Fsp3) is 0.346. The van der Waals surface area contributed by atoms with Gasteiger partial charge in [-0.25, -0.2) is 4.39 Å². The standard InChI is InChI=1S/C26H21FN2O3S2/c1-11-4-2-3-5-14(11)17-18-15-10-16(21(18)33-23-22(17)34-26(32)28-23)20-19(15)24(30)29(25(20)31)13-8-6-12(27)7-9-13/h2-9,15-21H,10H2,1H3,(H,28,32)/t15-,16+,17-,18+,19-,20+,21-/m1/s1. The lowest BCUT2D eigenvalue weighted by atomic mass is 9.67. The van der Waals surface area contributed by atoms with Crippen LogP contribution in [0.4, 0.5) is 10.1 Å². The van der Waals surface area contributed by atoms with Crippen molar-refractivity contribution < 1.29 is 14.0 Å². The Balaban J connectivity index is 1.34. The Morgan fingerprint density at radius 3 is 2.41 bits per heavy atom. The van der Waals surface area contributed by atoms with Crippen LogP contribution in [0.25, 0.3) is 0 Å². The summed E-state index contributed by atoms with van der Waals surface area (Å²) in [6.45, 7) is 2.09. The number of anilines is 1. The van der Waals surface area contributed by atoms with Crippen molar-refractivity contribution >= 4 is 40.6 Å². The van der Waals surface area contributed by atoms with Crippen molar-refractivity contribution in [2.45, 2.75) is 29.5 Å². The number of amides is 2. The molecule has 8 heteroatoms. The summed E-state index contributed by atoms with van der Waals surface area (Å²) in [6.07, 6.45) is 0.855. The number of carbonyl (C=O) groups excluding carboxylic acids is 2. The number of rotatable bonds is 2. The molecule has 0 radical (unpaired) electrons. The minimum absolute atomic E-state index is 0.0325. The van der Waals surface area contributed by atoms with Crippen LogP contribution in [0.1, 0.15) is 28.3 Å².